The van der Waals surface area contributed by atoms with E-state index in [-0.39, 0.29) is 22.5 Å². The molecule has 0 saturated carbocycles. The van der Waals surface area contributed by atoms with Crippen LogP contribution in [0.3, 0.4) is 0 Å². The van der Waals surface area contributed by atoms with Gasteiger partial charge in [-0.3, -0.25) is 4.79 Å². The van der Waals surface area contributed by atoms with Gasteiger partial charge in [-0.15, -0.1) is 17.0 Å². The number of carbonyl (C=O) groups excluding carboxylic acids is 1. The molecular formula is C13H11BrF2N2O. The normalized spacial score (nSPS) is 9.63. The number of aromatic nitrogens is 1. The first-order chi connectivity index (χ1) is 8.54. The van der Waals surface area contributed by atoms with Crippen molar-refractivity contribution in [3.63, 3.8) is 0 Å². The molecule has 3 nitrogen and oxygen atoms in total. The van der Waals surface area contributed by atoms with Gasteiger partial charge in [-0.05, 0) is 31.2 Å². The van der Waals surface area contributed by atoms with Gasteiger partial charge in [0.1, 0.15) is 17.5 Å². The van der Waals surface area contributed by atoms with Gasteiger partial charge in [-0.2, -0.15) is 0 Å². The van der Waals surface area contributed by atoms with Gasteiger partial charge in [0.15, 0.2) is 0 Å². The molecule has 6 heteroatoms. The van der Waals surface area contributed by atoms with Crippen LogP contribution >= 0.6 is 17.0 Å². The molecule has 0 aliphatic rings. The van der Waals surface area contributed by atoms with E-state index in [0.29, 0.717) is 11.9 Å². The number of rotatable bonds is 2. The third-order valence-electron chi connectivity index (χ3n) is 2.25. The average Bonchev–Trinajstić information content (AvgIpc) is 2.27. The molecule has 0 bridgehead atoms. The molecule has 0 fully saturated rings. The highest BCUT2D eigenvalue weighted by molar-refractivity contribution is 8.93. The summed E-state index contributed by atoms with van der Waals surface area (Å²) in [6.07, 6.45) is 0. The Morgan fingerprint density at radius 1 is 1.16 bits per heavy atom. The standard InChI is InChI=1S/C13H10F2N2O.BrH/c1-8-3-2-4-12(16-8)17-13(18)9-5-10(14)7-11(15)6-9;/h2-7H,1H3,(H,16,17,18);1H. The molecule has 100 valence electrons. The third-order valence-corrected chi connectivity index (χ3v) is 2.25. The number of halogens is 3. The average molecular weight is 329 g/mol. The van der Waals surface area contributed by atoms with Crippen molar-refractivity contribution < 1.29 is 13.6 Å². The van der Waals surface area contributed by atoms with Crippen molar-refractivity contribution in [1.29, 1.82) is 0 Å². The highest BCUT2D eigenvalue weighted by Crippen LogP contribution is 2.11. The second-order valence-electron chi connectivity index (χ2n) is 3.78. The van der Waals surface area contributed by atoms with Crippen LogP contribution in [-0.2, 0) is 0 Å². The Labute approximate surface area is 119 Å². The number of hydrogen-bond acceptors (Lipinski definition) is 2. The van der Waals surface area contributed by atoms with E-state index in [1.807, 2.05) is 0 Å². The van der Waals surface area contributed by atoms with Gasteiger partial charge in [0.2, 0.25) is 0 Å². The number of nitrogens with zero attached hydrogens (tertiary/aromatic N) is 1. The van der Waals surface area contributed by atoms with Gasteiger partial charge >= 0.3 is 0 Å². The lowest BCUT2D eigenvalue weighted by molar-refractivity contribution is 0.102. The maximum Gasteiger partial charge on any atom is 0.257 e. The summed E-state index contributed by atoms with van der Waals surface area (Å²) in [4.78, 5) is 15.8. The van der Waals surface area contributed by atoms with Crippen molar-refractivity contribution in [2.24, 2.45) is 0 Å². The Morgan fingerprint density at radius 3 is 2.37 bits per heavy atom. The molecule has 0 unspecified atom stereocenters. The smallest absolute Gasteiger partial charge is 0.257 e. The first kappa shape index (κ1) is 15.2. The van der Waals surface area contributed by atoms with E-state index in [1.165, 1.54) is 0 Å². The summed E-state index contributed by atoms with van der Waals surface area (Å²) < 4.78 is 25.9. The van der Waals surface area contributed by atoms with E-state index in [1.54, 1.807) is 25.1 Å². The van der Waals surface area contributed by atoms with E-state index >= 15 is 0 Å². The van der Waals surface area contributed by atoms with Crippen molar-refractivity contribution in [3.05, 3.63) is 59.3 Å². The summed E-state index contributed by atoms with van der Waals surface area (Å²) in [5.41, 5.74) is 0.647. The number of anilines is 1. The number of hydrogen-bond donors (Lipinski definition) is 1. The molecule has 1 aromatic carbocycles. The largest absolute Gasteiger partial charge is 0.307 e. The molecule has 2 aromatic rings. The Kier molecular flexibility index (Phi) is 5.11. The Morgan fingerprint density at radius 2 is 1.79 bits per heavy atom. The first-order valence-electron chi connectivity index (χ1n) is 5.26. The van der Waals surface area contributed by atoms with Gasteiger partial charge in [-0.1, -0.05) is 6.07 Å². The predicted octanol–water partition coefficient (Wildman–Crippen LogP) is 3.50. The van der Waals surface area contributed by atoms with Gasteiger partial charge in [0, 0.05) is 17.3 Å². The molecule has 0 aliphatic carbocycles. The fraction of sp³-hybridized carbons (Fsp3) is 0.0769. The zero-order chi connectivity index (χ0) is 13.1. The lowest BCUT2D eigenvalue weighted by Gasteiger charge is -2.05. The van der Waals surface area contributed by atoms with Crippen LogP contribution in [-0.4, -0.2) is 10.9 Å². The summed E-state index contributed by atoms with van der Waals surface area (Å²) in [6.45, 7) is 1.78. The molecule has 0 radical (unpaired) electrons. The van der Waals surface area contributed by atoms with Crippen molar-refractivity contribution in [2.45, 2.75) is 6.92 Å². The van der Waals surface area contributed by atoms with Crippen LogP contribution < -0.4 is 5.32 Å². The second kappa shape index (κ2) is 6.38. The Hall–Kier alpha value is -1.82. The SMILES string of the molecule is Br.Cc1cccc(NC(=O)c2cc(F)cc(F)c2)n1. The lowest BCUT2D eigenvalue weighted by atomic mass is 10.2. The number of benzene rings is 1. The fourth-order valence-electron chi connectivity index (χ4n) is 1.49. The van der Waals surface area contributed by atoms with Gasteiger partial charge in [0.25, 0.3) is 5.91 Å². The number of carbonyl (C=O) groups is 1. The van der Waals surface area contributed by atoms with E-state index in [9.17, 15) is 13.6 Å². The summed E-state index contributed by atoms with van der Waals surface area (Å²) in [7, 11) is 0. The minimum Gasteiger partial charge on any atom is -0.307 e. The van der Waals surface area contributed by atoms with E-state index in [2.05, 4.69) is 10.3 Å². The van der Waals surface area contributed by atoms with Gasteiger partial charge in [0.05, 0.1) is 0 Å². The minimum absolute atomic E-state index is 0. The van der Waals surface area contributed by atoms with Crippen LogP contribution in [0.2, 0.25) is 0 Å². The van der Waals surface area contributed by atoms with Gasteiger partial charge < -0.3 is 5.32 Å². The predicted molar refractivity (Wildman–Crippen MR) is 73.6 cm³/mol. The summed E-state index contributed by atoms with van der Waals surface area (Å²) in [5, 5.41) is 2.47. The Bertz CT molecular complexity index is 585. The van der Waals surface area contributed by atoms with E-state index in [0.717, 1.165) is 17.8 Å². The molecule has 1 N–H and O–H groups in total. The van der Waals surface area contributed by atoms with Crippen LogP contribution in [0.1, 0.15) is 16.1 Å². The quantitative estimate of drug-likeness (QED) is 0.916. The topological polar surface area (TPSA) is 42.0 Å². The Balaban J connectivity index is 0.00000180. The van der Waals surface area contributed by atoms with Crippen LogP contribution in [0.5, 0.6) is 0 Å². The first-order valence-corrected chi connectivity index (χ1v) is 5.26. The summed E-state index contributed by atoms with van der Waals surface area (Å²) in [5.74, 6) is -1.86. The molecule has 0 atom stereocenters. The molecular weight excluding hydrogens is 318 g/mol. The second-order valence-corrected chi connectivity index (χ2v) is 3.78. The maximum absolute atomic E-state index is 13.0. The van der Waals surface area contributed by atoms with E-state index in [4.69, 9.17) is 0 Å². The molecule has 0 saturated heterocycles. The van der Waals surface area contributed by atoms with Crippen LogP contribution in [0.4, 0.5) is 14.6 Å². The molecule has 1 heterocycles. The zero-order valence-electron chi connectivity index (χ0n) is 9.98. The third kappa shape index (κ3) is 4.10. The van der Waals surface area contributed by atoms with Crippen LogP contribution in [0.25, 0.3) is 0 Å². The minimum atomic E-state index is -0.794. The van der Waals surface area contributed by atoms with Crippen molar-refractivity contribution >= 4 is 28.7 Å². The molecule has 0 aliphatic heterocycles. The molecule has 19 heavy (non-hydrogen) atoms. The highest BCUT2D eigenvalue weighted by atomic mass is 79.9. The number of nitrogens with one attached hydrogen (secondary N) is 1. The highest BCUT2D eigenvalue weighted by Gasteiger charge is 2.10. The number of aryl methyl sites for hydroxylation is 1. The van der Waals surface area contributed by atoms with Crippen molar-refractivity contribution in [1.82, 2.24) is 4.98 Å². The molecule has 2 rings (SSSR count). The molecule has 1 amide bonds. The molecule has 1 aromatic heterocycles. The van der Waals surface area contributed by atoms with Crippen molar-refractivity contribution in [3.8, 4) is 0 Å². The molecule has 0 spiro atoms. The monoisotopic (exact) mass is 328 g/mol. The summed E-state index contributed by atoms with van der Waals surface area (Å²) >= 11 is 0. The van der Waals surface area contributed by atoms with Crippen molar-refractivity contribution in [2.75, 3.05) is 5.32 Å². The van der Waals surface area contributed by atoms with Crippen LogP contribution in [0, 0.1) is 18.6 Å². The maximum atomic E-state index is 13.0. The number of pyridine rings is 1. The summed E-state index contributed by atoms with van der Waals surface area (Å²) in [6, 6.07) is 7.74. The van der Waals surface area contributed by atoms with E-state index < -0.39 is 17.5 Å². The van der Waals surface area contributed by atoms with Gasteiger partial charge in [-0.25, -0.2) is 13.8 Å². The zero-order valence-corrected chi connectivity index (χ0v) is 11.7. The fourth-order valence-corrected chi connectivity index (χ4v) is 1.49. The van der Waals surface area contributed by atoms with Crippen LogP contribution in [0.15, 0.2) is 36.4 Å². The lowest BCUT2D eigenvalue weighted by Crippen LogP contribution is -2.13. The number of amides is 1.